The number of anilines is 2. The normalized spacial score (nSPS) is 14.1. The maximum absolute atomic E-state index is 12.4. The Balaban J connectivity index is 1.95. The summed E-state index contributed by atoms with van der Waals surface area (Å²) in [6, 6.07) is 11.2. The van der Waals surface area contributed by atoms with E-state index >= 15 is 0 Å². The van der Waals surface area contributed by atoms with Crippen LogP contribution in [0.1, 0.15) is 21.5 Å². The smallest absolute Gasteiger partial charge is 0.254 e. The van der Waals surface area contributed by atoms with Crippen molar-refractivity contribution in [2.75, 3.05) is 36.8 Å². The minimum absolute atomic E-state index is 0.133. The number of phenolic OH excluding ortho intramolecular Hbond substituents is 1. The number of carbonyl (C=O) groups excluding carboxylic acids is 1. The van der Waals surface area contributed by atoms with Crippen LogP contribution in [0.3, 0.4) is 0 Å². The summed E-state index contributed by atoms with van der Waals surface area (Å²) in [5.41, 5.74) is 16.7. The van der Waals surface area contributed by atoms with Gasteiger partial charge in [0.2, 0.25) is 0 Å². The van der Waals surface area contributed by atoms with Gasteiger partial charge in [-0.2, -0.15) is 5.10 Å². The number of hydrogen-bond acceptors (Lipinski definition) is 6. The molecule has 0 radical (unpaired) electrons. The monoisotopic (exact) mass is 406 g/mol. The number of para-hydroxylation sites is 1. The lowest BCUT2D eigenvalue weighted by atomic mass is 10.0. The standard InChI is InChI=1S/C22H26N6O2/c1-13-7-8-17(29)14(2)20(13)28-21(23)18(22(24)30)19(26-28)15-5-3-4-6-16(15)27-11-9-25-10-12-27/h3-8,25,29H,9-12,23H2,1-2H3,(H2,24,30). The second-order valence-corrected chi connectivity index (χ2v) is 7.51. The van der Waals surface area contributed by atoms with Gasteiger partial charge >= 0.3 is 0 Å². The number of aryl methyl sites for hydroxylation is 1. The predicted octanol–water partition coefficient (Wildman–Crippen LogP) is 1.95. The van der Waals surface area contributed by atoms with Crippen molar-refractivity contribution in [3.63, 3.8) is 0 Å². The summed E-state index contributed by atoms with van der Waals surface area (Å²) >= 11 is 0. The molecule has 0 spiro atoms. The van der Waals surface area contributed by atoms with Crippen molar-refractivity contribution in [3.05, 3.63) is 53.1 Å². The number of rotatable bonds is 4. The summed E-state index contributed by atoms with van der Waals surface area (Å²) in [4.78, 5) is 14.7. The molecule has 8 nitrogen and oxygen atoms in total. The number of amides is 1. The number of nitrogens with zero attached hydrogens (tertiary/aromatic N) is 3. The Kier molecular flexibility index (Phi) is 5.09. The fourth-order valence-corrected chi connectivity index (χ4v) is 4.04. The Morgan fingerprint density at radius 2 is 1.83 bits per heavy atom. The van der Waals surface area contributed by atoms with Crippen LogP contribution in [0.2, 0.25) is 0 Å². The van der Waals surface area contributed by atoms with Crippen LogP contribution in [0.25, 0.3) is 16.9 Å². The molecule has 1 fully saturated rings. The highest BCUT2D eigenvalue weighted by molar-refractivity contribution is 6.05. The van der Waals surface area contributed by atoms with Crippen molar-refractivity contribution < 1.29 is 9.90 Å². The molecule has 1 aliphatic rings. The SMILES string of the molecule is Cc1ccc(O)c(C)c1-n1nc(-c2ccccc2N2CCNCC2)c(C(N)=O)c1N. The highest BCUT2D eigenvalue weighted by Crippen LogP contribution is 2.37. The average molecular weight is 406 g/mol. The molecule has 0 atom stereocenters. The van der Waals surface area contributed by atoms with Crippen LogP contribution >= 0.6 is 0 Å². The zero-order chi connectivity index (χ0) is 21.4. The summed E-state index contributed by atoms with van der Waals surface area (Å²) in [6.45, 7) is 7.16. The molecule has 8 heteroatoms. The van der Waals surface area contributed by atoms with Gasteiger partial charge in [0.05, 0.1) is 5.69 Å². The Morgan fingerprint density at radius 3 is 2.53 bits per heavy atom. The maximum atomic E-state index is 12.4. The Hall–Kier alpha value is -3.52. The molecule has 4 rings (SSSR count). The molecule has 2 aromatic carbocycles. The molecule has 2 heterocycles. The van der Waals surface area contributed by atoms with Crippen molar-refractivity contribution in [3.8, 4) is 22.7 Å². The van der Waals surface area contributed by atoms with Gasteiger partial charge in [0.25, 0.3) is 5.91 Å². The largest absolute Gasteiger partial charge is 0.508 e. The fraction of sp³-hybridized carbons (Fsp3) is 0.273. The third kappa shape index (κ3) is 3.25. The Bertz CT molecular complexity index is 1120. The van der Waals surface area contributed by atoms with Gasteiger partial charge in [-0.05, 0) is 31.5 Å². The number of phenols is 1. The number of piperazine rings is 1. The van der Waals surface area contributed by atoms with Gasteiger partial charge in [-0.15, -0.1) is 0 Å². The molecule has 0 aliphatic carbocycles. The summed E-state index contributed by atoms with van der Waals surface area (Å²) < 4.78 is 1.51. The first-order valence-electron chi connectivity index (χ1n) is 9.93. The third-order valence-electron chi connectivity index (χ3n) is 5.60. The van der Waals surface area contributed by atoms with E-state index in [2.05, 4.69) is 10.2 Å². The molecule has 1 saturated heterocycles. The Morgan fingerprint density at radius 1 is 1.13 bits per heavy atom. The quantitative estimate of drug-likeness (QED) is 0.525. The van der Waals surface area contributed by atoms with Gasteiger partial charge < -0.3 is 26.8 Å². The van der Waals surface area contributed by atoms with E-state index in [1.807, 2.05) is 31.2 Å². The summed E-state index contributed by atoms with van der Waals surface area (Å²) in [5.74, 6) is -0.349. The number of hydrogen-bond donors (Lipinski definition) is 4. The predicted molar refractivity (Wildman–Crippen MR) is 118 cm³/mol. The number of nitrogens with two attached hydrogens (primary N) is 2. The van der Waals surface area contributed by atoms with Gasteiger partial charge in [0.1, 0.15) is 22.8 Å². The van der Waals surface area contributed by atoms with E-state index in [1.165, 1.54) is 4.68 Å². The van der Waals surface area contributed by atoms with E-state index < -0.39 is 5.91 Å². The molecule has 3 aromatic rings. The van der Waals surface area contributed by atoms with Gasteiger partial charge in [0, 0.05) is 43.0 Å². The van der Waals surface area contributed by atoms with Crippen LogP contribution in [0, 0.1) is 13.8 Å². The molecule has 0 saturated carbocycles. The molecular weight excluding hydrogens is 380 g/mol. The highest BCUT2D eigenvalue weighted by atomic mass is 16.3. The van der Waals surface area contributed by atoms with Gasteiger partial charge in [-0.3, -0.25) is 4.79 Å². The number of benzene rings is 2. The molecular formula is C22H26N6O2. The average Bonchev–Trinajstić information content (AvgIpc) is 3.09. The fourth-order valence-electron chi connectivity index (χ4n) is 4.04. The second kappa shape index (κ2) is 7.72. The number of primary amides is 1. The van der Waals surface area contributed by atoms with Crippen LogP contribution in [-0.4, -0.2) is 47.0 Å². The maximum Gasteiger partial charge on any atom is 0.254 e. The molecule has 1 aliphatic heterocycles. The number of carbonyl (C=O) groups is 1. The minimum Gasteiger partial charge on any atom is -0.508 e. The van der Waals surface area contributed by atoms with Crippen molar-refractivity contribution >= 4 is 17.4 Å². The molecule has 6 N–H and O–H groups in total. The van der Waals surface area contributed by atoms with Crippen LogP contribution in [0.4, 0.5) is 11.5 Å². The van der Waals surface area contributed by atoms with E-state index in [9.17, 15) is 9.90 Å². The number of aromatic nitrogens is 2. The van der Waals surface area contributed by atoms with Gasteiger partial charge in [0.15, 0.2) is 0 Å². The molecule has 0 bridgehead atoms. The van der Waals surface area contributed by atoms with Crippen LogP contribution in [0.5, 0.6) is 5.75 Å². The molecule has 30 heavy (non-hydrogen) atoms. The number of nitrogens with one attached hydrogen (secondary N) is 1. The van der Waals surface area contributed by atoms with E-state index in [4.69, 9.17) is 16.6 Å². The third-order valence-corrected chi connectivity index (χ3v) is 5.60. The lowest BCUT2D eigenvalue weighted by molar-refractivity contribution is 0.100. The summed E-state index contributed by atoms with van der Waals surface area (Å²) in [5, 5.41) is 18.3. The lowest BCUT2D eigenvalue weighted by Gasteiger charge is -2.31. The van der Waals surface area contributed by atoms with Crippen molar-refractivity contribution in [1.82, 2.24) is 15.1 Å². The van der Waals surface area contributed by atoms with Gasteiger partial charge in [-0.1, -0.05) is 24.3 Å². The van der Waals surface area contributed by atoms with Crippen LogP contribution in [-0.2, 0) is 0 Å². The molecule has 156 valence electrons. The van der Waals surface area contributed by atoms with E-state index in [1.54, 1.807) is 19.1 Å². The van der Waals surface area contributed by atoms with Crippen molar-refractivity contribution in [1.29, 1.82) is 0 Å². The van der Waals surface area contributed by atoms with E-state index in [0.717, 1.165) is 43.0 Å². The van der Waals surface area contributed by atoms with E-state index in [-0.39, 0.29) is 17.1 Å². The molecule has 1 amide bonds. The summed E-state index contributed by atoms with van der Waals surface area (Å²) in [7, 11) is 0. The van der Waals surface area contributed by atoms with E-state index in [0.29, 0.717) is 16.9 Å². The Labute approximate surface area is 175 Å². The number of aromatic hydroxyl groups is 1. The first-order valence-corrected chi connectivity index (χ1v) is 9.93. The highest BCUT2D eigenvalue weighted by Gasteiger charge is 2.27. The zero-order valence-electron chi connectivity index (χ0n) is 17.1. The van der Waals surface area contributed by atoms with Crippen molar-refractivity contribution in [2.45, 2.75) is 13.8 Å². The summed E-state index contributed by atoms with van der Waals surface area (Å²) in [6.07, 6.45) is 0. The second-order valence-electron chi connectivity index (χ2n) is 7.51. The van der Waals surface area contributed by atoms with Gasteiger partial charge in [-0.25, -0.2) is 4.68 Å². The molecule has 1 aromatic heterocycles. The topological polar surface area (TPSA) is 122 Å². The zero-order valence-corrected chi connectivity index (χ0v) is 17.1. The van der Waals surface area contributed by atoms with Crippen molar-refractivity contribution in [2.24, 2.45) is 5.73 Å². The van der Waals surface area contributed by atoms with Crippen LogP contribution in [0.15, 0.2) is 36.4 Å². The lowest BCUT2D eigenvalue weighted by Crippen LogP contribution is -2.43. The molecule has 0 unspecified atom stereocenters. The first kappa shape index (κ1) is 19.8. The first-order chi connectivity index (χ1) is 14.4. The van der Waals surface area contributed by atoms with Crippen LogP contribution < -0.4 is 21.7 Å². The number of nitrogen functional groups attached to an aromatic ring is 1. The minimum atomic E-state index is -0.640.